The molecule has 1 N–H and O–H groups in total. The van der Waals surface area contributed by atoms with Crippen molar-refractivity contribution in [2.45, 2.75) is 26.5 Å². The summed E-state index contributed by atoms with van der Waals surface area (Å²) in [7, 11) is 0. The van der Waals surface area contributed by atoms with Crippen molar-refractivity contribution in [3.63, 3.8) is 0 Å². The van der Waals surface area contributed by atoms with Crippen molar-refractivity contribution >= 4 is 29.4 Å². The Morgan fingerprint density at radius 1 is 1.09 bits per heavy atom. The number of rotatable bonds is 8. The van der Waals surface area contributed by atoms with E-state index in [2.05, 4.69) is 4.99 Å². The van der Waals surface area contributed by atoms with Gasteiger partial charge in [-0.25, -0.2) is 14.6 Å². The Morgan fingerprint density at radius 2 is 1.86 bits per heavy atom. The molecule has 0 fully saturated rings. The van der Waals surface area contributed by atoms with E-state index >= 15 is 0 Å². The van der Waals surface area contributed by atoms with Crippen LogP contribution in [0.15, 0.2) is 87.8 Å². The van der Waals surface area contributed by atoms with Crippen LogP contribution in [0.25, 0.3) is 6.08 Å². The summed E-state index contributed by atoms with van der Waals surface area (Å²) >= 11 is 1.21. The zero-order valence-corrected chi connectivity index (χ0v) is 24.1. The van der Waals surface area contributed by atoms with E-state index in [4.69, 9.17) is 24.1 Å². The third-order valence-electron chi connectivity index (χ3n) is 7.03. The number of carbonyl (C=O) groups is 2. The Balaban J connectivity index is 1.40. The number of carboxylic acids is 1. The standard InChI is InChI=1S/C32H26N2O8S/c1-3-39-31(38)27-18(2)33-32-34(28(27)22-12-13-24-25(14-22)42-17-41-24)29(35)26(43-32)15-21-6-4-5-7-23(21)40-16-19-8-10-20(11-9-19)30(36)37/h4-15,28H,3,16-17H2,1-2H3,(H,36,37)/b26-15-/t28-/m0/s1. The molecule has 2 aliphatic heterocycles. The number of carbonyl (C=O) groups excluding carboxylic acids is 1. The lowest BCUT2D eigenvalue weighted by molar-refractivity contribution is -0.139. The molecule has 0 saturated carbocycles. The predicted molar refractivity (Wildman–Crippen MR) is 157 cm³/mol. The highest BCUT2D eigenvalue weighted by Crippen LogP contribution is 2.38. The summed E-state index contributed by atoms with van der Waals surface area (Å²) in [5.74, 6) is 0.122. The van der Waals surface area contributed by atoms with Gasteiger partial charge in [-0.05, 0) is 61.4 Å². The molecule has 1 atom stereocenters. The van der Waals surface area contributed by atoms with E-state index in [0.717, 1.165) is 5.56 Å². The first-order valence-corrected chi connectivity index (χ1v) is 14.3. The van der Waals surface area contributed by atoms with Gasteiger partial charge in [-0.15, -0.1) is 0 Å². The summed E-state index contributed by atoms with van der Waals surface area (Å²) in [5.41, 5.74) is 2.75. The first-order valence-electron chi connectivity index (χ1n) is 13.5. The van der Waals surface area contributed by atoms with Crippen molar-refractivity contribution in [3.8, 4) is 17.2 Å². The van der Waals surface area contributed by atoms with Crippen LogP contribution in [0.4, 0.5) is 0 Å². The van der Waals surface area contributed by atoms with Gasteiger partial charge >= 0.3 is 11.9 Å². The lowest BCUT2D eigenvalue weighted by Gasteiger charge is -2.24. The topological polar surface area (TPSA) is 126 Å². The minimum atomic E-state index is -0.996. The Bertz CT molecular complexity index is 1960. The number of para-hydroxylation sites is 1. The van der Waals surface area contributed by atoms with Crippen molar-refractivity contribution in [2.75, 3.05) is 13.4 Å². The number of aromatic nitrogens is 1. The fourth-order valence-electron chi connectivity index (χ4n) is 4.97. The number of benzene rings is 3. The molecule has 2 aliphatic rings. The molecule has 11 heteroatoms. The largest absolute Gasteiger partial charge is 0.488 e. The molecule has 0 unspecified atom stereocenters. The molecule has 3 aromatic carbocycles. The van der Waals surface area contributed by atoms with E-state index in [1.807, 2.05) is 18.2 Å². The third kappa shape index (κ3) is 5.42. The van der Waals surface area contributed by atoms with Gasteiger partial charge in [0.15, 0.2) is 16.3 Å². The highest BCUT2D eigenvalue weighted by Gasteiger charge is 2.34. The van der Waals surface area contributed by atoms with Crippen LogP contribution in [0, 0.1) is 0 Å². The summed E-state index contributed by atoms with van der Waals surface area (Å²) in [6.45, 7) is 3.93. The van der Waals surface area contributed by atoms with Crippen molar-refractivity contribution in [1.82, 2.24) is 4.57 Å². The van der Waals surface area contributed by atoms with E-state index in [1.54, 1.807) is 56.3 Å². The Morgan fingerprint density at radius 3 is 2.63 bits per heavy atom. The molecule has 6 rings (SSSR count). The predicted octanol–water partition coefficient (Wildman–Crippen LogP) is 3.80. The first kappa shape index (κ1) is 28.0. The van der Waals surface area contributed by atoms with Crippen LogP contribution in [0.5, 0.6) is 17.2 Å². The Hall–Kier alpha value is -5.16. The van der Waals surface area contributed by atoms with Gasteiger partial charge in [-0.2, -0.15) is 0 Å². The zero-order chi connectivity index (χ0) is 30.1. The van der Waals surface area contributed by atoms with E-state index in [1.165, 1.54) is 28.0 Å². The van der Waals surface area contributed by atoms with Crippen LogP contribution in [0.2, 0.25) is 0 Å². The van der Waals surface area contributed by atoms with Gasteiger partial charge in [0.25, 0.3) is 5.56 Å². The van der Waals surface area contributed by atoms with Gasteiger partial charge in [0.1, 0.15) is 12.4 Å². The lowest BCUT2D eigenvalue weighted by atomic mass is 9.95. The molecule has 4 aromatic rings. The van der Waals surface area contributed by atoms with Crippen molar-refractivity contribution in [3.05, 3.63) is 120 Å². The fraction of sp³-hybridized carbons (Fsp3) is 0.188. The van der Waals surface area contributed by atoms with Gasteiger partial charge in [-0.1, -0.05) is 47.7 Å². The molecular formula is C32H26N2O8S. The fourth-order valence-corrected chi connectivity index (χ4v) is 6.00. The zero-order valence-electron chi connectivity index (χ0n) is 23.2. The van der Waals surface area contributed by atoms with Gasteiger partial charge < -0.3 is 24.1 Å². The summed E-state index contributed by atoms with van der Waals surface area (Å²) in [4.78, 5) is 43.4. The summed E-state index contributed by atoms with van der Waals surface area (Å²) in [6.07, 6.45) is 1.74. The summed E-state index contributed by atoms with van der Waals surface area (Å²) < 4.78 is 24.4. The highest BCUT2D eigenvalue weighted by atomic mass is 32.1. The van der Waals surface area contributed by atoms with E-state index in [9.17, 15) is 14.4 Å². The number of aromatic carboxylic acids is 1. The van der Waals surface area contributed by atoms with E-state index < -0.39 is 18.0 Å². The smallest absolute Gasteiger partial charge is 0.338 e. The van der Waals surface area contributed by atoms with Crippen LogP contribution in [0.3, 0.4) is 0 Å². The number of hydrogen-bond donors (Lipinski definition) is 1. The lowest BCUT2D eigenvalue weighted by Crippen LogP contribution is -2.39. The maximum Gasteiger partial charge on any atom is 0.338 e. The van der Waals surface area contributed by atoms with Gasteiger partial charge in [0.05, 0.1) is 34.0 Å². The molecule has 0 saturated heterocycles. The second-order valence-electron chi connectivity index (χ2n) is 9.74. The molecular weight excluding hydrogens is 572 g/mol. The number of esters is 1. The molecule has 10 nitrogen and oxygen atoms in total. The van der Waals surface area contributed by atoms with Crippen LogP contribution in [0.1, 0.15) is 46.9 Å². The summed E-state index contributed by atoms with van der Waals surface area (Å²) in [5, 5.41) is 9.14. The monoisotopic (exact) mass is 598 g/mol. The van der Waals surface area contributed by atoms with Crippen molar-refractivity contribution in [2.24, 2.45) is 4.99 Å². The minimum Gasteiger partial charge on any atom is -0.488 e. The van der Waals surface area contributed by atoms with Gasteiger partial charge in [0.2, 0.25) is 6.79 Å². The third-order valence-corrected chi connectivity index (χ3v) is 8.01. The van der Waals surface area contributed by atoms with Crippen LogP contribution in [-0.2, 0) is 16.1 Å². The number of thiazole rings is 1. The maximum absolute atomic E-state index is 14.0. The average molecular weight is 599 g/mol. The molecule has 1 aromatic heterocycles. The van der Waals surface area contributed by atoms with Crippen LogP contribution >= 0.6 is 11.3 Å². The van der Waals surface area contributed by atoms with Crippen molar-refractivity contribution in [1.29, 1.82) is 0 Å². The molecule has 43 heavy (non-hydrogen) atoms. The molecule has 3 heterocycles. The molecule has 0 radical (unpaired) electrons. The number of hydrogen-bond acceptors (Lipinski definition) is 9. The second kappa shape index (κ2) is 11.6. The Kier molecular flexibility index (Phi) is 7.56. The van der Waals surface area contributed by atoms with Crippen molar-refractivity contribution < 1.29 is 33.6 Å². The highest BCUT2D eigenvalue weighted by molar-refractivity contribution is 7.07. The molecule has 0 bridgehead atoms. The van der Waals surface area contributed by atoms with E-state index in [-0.39, 0.29) is 36.7 Å². The average Bonchev–Trinajstić information content (AvgIpc) is 3.59. The van der Waals surface area contributed by atoms with Crippen LogP contribution in [-0.4, -0.2) is 35.0 Å². The number of allylic oxidation sites excluding steroid dienone is 1. The maximum atomic E-state index is 14.0. The molecule has 218 valence electrons. The Labute approximate surface area is 249 Å². The number of carboxylic acid groups (broad SMARTS) is 1. The summed E-state index contributed by atoms with van der Waals surface area (Å²) in [6, 6.07) is 18.3. The minimum absolute atomic E-state index is 0.0935. The number of ether oxygens (including phenoxy) is 4. The number of nitrogens with zero attached hydrogens (tertiary/aromatic N) is 2. The second-order valence-corrected chi connectivity index (χ2v) is 10.8. The molecule has 0 amide bonds. The van der Waals surface area contributed by atoms with Crippen LogP contribution < -0.4 is 29.1 Å². The SMILES string of the molecule is CCOC(=O)C1=C(C)N=c2s/c(=C\c3ccccc3OCc3ccc(C(=O)O)cc3)c(=O)n2[C@H]1c1ccc2c(c1)OCO2. The first-order chi connectivity index (χ1) is 20.8. The van der Waals surface area contributed by atoms with Gasteiger partial charge in [-0.3, -0.25) is 9.36 Å². The molecule has 0 spiro atoms. The van der Waals surface area contributed by atoms with Gasteiger partial charge in [0, 0.05) is 5.56 Å². The quantitative estimate of drug-likeness (QED) is 0.304. The normalized spacial score (nSPS) is 15.6. The van der Waals surface area contributed by atoms with E-state index in [0.29, 0.717) is 43.4 Å². The molecule has 0 aliphatic carbocycles. The number of fused-ring (bicyclic) bond motifs is 2.